The van der Waals surface area contributed by atoms with Crippen LogP contribution in [0, 0.1) is 5.92 Å². The summed E-state index contributed by atoms with van der Waals surface area (Å²) < 4.78 is 25.6. The molecule has 1 saturated heterocycles. The molecule has 8 heteroatoms. The molecule has 33 heavy (non-hydrogen) atoms. The van der Waals surface area contributed by atoms with E-state index in [1.54, 1.807) is 10.5 Å². The van der Waals surface area contributed by atoms with Crippen LogP contribution in [-0.2, 0) is 10.0 Å². The van der Waals surface area contributed by atoms with Crippen LogP contribution >= 0.6 is 11.6 Å². The van der Waals surface area contributed by atoms with Gasteiger partial charge in [-0.25, -0.2) is 22.7 Å². The summed E-state index contributed by atoms with van der Waals surface area (Å²) in [5, 5.41) is 2.78. The summed E-state index contributed by atoms with van der Waals surface area (Å²) in [4.78, 5) is 13.1. The molecule has 1 aromatic heterocycles. The second kappa shape index (κ2) is 8.82. The second-order valence-electron chi connectivity index (χ2n) is 8.36. The quantitative estimate of drug-likeness (QED) is 0.680. The third kappa shape index (κ3) is 4.49. The van der Waals surface area contributed by atoms with Crippen LogP contribution in [0.15, 0.2) is 64.4 Å². The Kier molecular flexibility index (Phi) is 5.86. The van der Waals surface area contributed by atoms with Gasteiger partial charge < -0.3 is 0 Å². The van der Waals surface area contributed by atoms with E-state index in [9.17, 15) is 8.42 Å². The first kappa shape index (κ1) is 21.9. The van der Waals surface area contributed by atoms with Gasteiger partial charge in [0, 0.05) is 29.9 Å². The zero-order valence-electron chi connectivity index (χ0n) is 18.1. The molecule has 0 spiro atoms. The first-order chi connectivity index (χ1) is 15.9. The molecule has 0 radical (unpaired) electrons. The molecule has 2 aromatic rings. The molecular weight excluding hydrogens is 456 g/mol. The van der Waals surface area contributed by atoms with Gasteiger partial charge in [-0.2, -0.15) is 0 Å². The van der Waals surface area contributed by atoms with E-state index in [0.29, 0.717) is 18.1 Å². The number of aromatic nitrogens is 1. The van der Waals surface area contributed by atoms with Crippen LogP contribution in [0.5, 0.6) is 0 Å². The minimum Gasteiger partial charge on any atom is -0.256 e. The highest BCUT2D eigenvalue weighted by atomic mass is 35.5. The minimum atomic E-state index is -3.19. The Hall–Kier alpha value is -2.87. The molecule has 6 nitrogen and oxygen atoms in total. The predicted octanol–water partition coefficient (Wildman–Crippen LogP) is 2.78. The SMILES string of the molecule is CS(=O)(=O)N1CCC(C2=c3ccc(Cl)cc3=C/C(=C\C=C3\C=NC=N3)c3cccnc32)CC1. The molecule has 168 valence electrons. The fourth-order valence-electron chi connectivity index (χ4n) is 4.66. The molecule has 1 aromatic carbocycles. The lowest BCUT2D eigenvalue weighted by Crippen LogP contribution is -2.39. The molecule has 0 unspecified atom stereocenters. The minimum absolute atomic E-state index is 0.189. The van der Waals surface area contributed by atoms with Crippen molar-refractivity contribution in [3.8, 4) is 0 Å². The number of hydrogen-bond acceptors (Lipinski definition) is 5. The van der Waals surface area contributed by atoms with E-state index in [0.717, 1.165) is 51.4 Å². The molecule has 0 atom stereocenters. The Labute approximate surface area is 198 Å². The lowest BCUT2D eigenvalue weighted by molar-refractivity contribution is 0.312. The average Bonchev–Trinajstić information content (AvgIpc) is 3.27. The number of piperidine rings is 1. The first-order valence-corrected chi connectivity index (χ1v) is 13.0. The number of hydrogen-bond donors (Lipinski definition) is 0. The number of nitrogens with zero attached hydrogens (tertiary/aromatic N) is 4. The molecule has 0 amide bonds. The van der Waals surface area contributed by atoms with E-state index in [-0.39, 0.29) is 5.92 Å². The summed E-state index contributed by atoms with van der Waals surface area (Å²) in [6.45, 7) is 1.02. The maximum absolute atomic E-state index is 12.0. The van der Waals surface area contributed by atoms with Gasteiger partial charge in [-0.05, 0) is 70.7 Å². The molecule has 5 rings (SSSR count). The topological polar surface area (TPSA) is 75.0 Å². The molecular formula is C25H23ClN4O2S. The van der Waals surface area contributed by atoms with E-state index in [1.807, 2.05) is 36.5 Å². The van der Waals surface area contributed by atoms with Crippen molar-refractivity contribution in [3.63, 3.8) is 0 Å². The van der Waals surface area contributed by atoms with Gasteiger partial charge in [-0.15, -0.1) is 0 Å². The Bertz CT molecular complexity index is 1450. The van der Waals surface area contributed by atoms with E-state index < -0.39 is 10.0 Å². The van der Waals surface area contributed by atoms with Crippen LogP contribution in [0.4, 0.5) is 0 Å². The highest BCUT2D eigenvalue weighted by Crippen LogP contribution is 2.34. The molecule has 1 aliphatic carbocycles. The smallest absolute Gasteiger partial charge is 0.211 e. The maximum Gasteiger partial charge on any atom is 0.211 e. The van der Waals surface area contributed by atoms with Gasteiger partial charge >= 0.3 is 0 Å². The van der Waals surface area contributed by atoms with Crippen molar-refractivity contribution in [1.82, 2.24) is 9.29 Å². The fourth-order valence-corrected chi connectivity index (χ4v) is 5.71. The summed E-state index contributed by atoms with van der Waals surface area (Å²) >= 11 is 6.39. The standard InChI is InChI=1S/C25H23ClN4O2S/c1-33(31,32)30-11-8-17(9-12-30)24-22-7-5-20(26)14-19(22)13-18(4-6-21-15-27-16-29-21)23-3-2-10-28-25(23)24/h2-7,10,13-17H,8-9,11-12H2,1H3/b18-4+,21-6-. The largest absolute Gasteiger partial charge is 0.256 e. The van der Waals surface area contributed by atoms with Gasteiger partial charge in [0.25, 0.3) is 0 Å². The third-order valence-electron chi connectivity index (χ3n) is 6.23. The van der Waals surface area contributed by atoms with E-state index in [4.69, 9.17) is 16.6 Å². The third-order valence-corrected chi connectivity index (χ3v) is 7.77. The van der Waals surface area contributed by atoms with Crippen molar-refractivity contribution in [1.29, 1.82) is 0 Å². The van der Waals surface area contributed by atoms with E-state index >= 15 is 0 Å². The molecule has 1 fully saturated rings. The van der Waals surface area contributed by atoms with Gasteiger partial charge in [-0.1, -0.05) is 29.8 Å². The van der Waals surface area contributed by atoms with Crippen LogP contribution in [0.3, 0.4) is 0 Å². The normalized spacial score (nSPS) is 21.2. The lowest BCUT2D eigenvalue weighted by Gasteiger charge is -2.32. The Balaban J connectivity index is 1.68. The number of benzene rings is 1. The molecule has 0 bridgehead atoms. The van der Waals surface area contributed by atoms with Crippen molar-refractivity contribution in [2.45, 2.75) is 12.8 Å². The molecule has 3 aliphatic rings. The Morgan fingerprint density at radius 2 is 1.97 bits per heavy atom. The van der Waals surface area contributed by atoms with Gasteiger partial charge in [-0.3, -0.25) is 4.98 Å². The van der Waals surface area contributed by atoms with Crippen LogP contribution in [0.1, 0.15) is 24.1 Å². The molecule has 3 heterocycles. The van der Waals surface area contributed by atoms with Crippen LogP contribution < -0.4 is 10.4 Å². The monoisotopic (exact) mass is 478 g/mol. The van der Waals surface area contributed by atoms with Gasteiger partial charge in [0.05, 0.1) is 23.9 Å². The van der Waals surface area contributed by atoms with Gasteiger partial charge in [0.1, 0.15) is 6.34 Å². The summed E-state index contributed by atoms with van der Waals surface area (Å²) in [5.41, 5.74) is 4.91. The van der Waals surface area contributed by atoms with Crippen LogP contribution in [0.2, 0.25) is 5.02 Å². The predicted molar refractivity (Wildman–Crippen MR) is 134 cm³/mol. The first-order valence-electron chi connectivity index (χ1n) is 10.8. The summed E-state index contributed by atoms with van der Waals surface area (Å²) in [6.07, 6.45) is 13.9. The number of sulfonamides is 1. The second-order valence-corrected chi connectivity index (χ2v) is 10.8. The van der Waals surface area contributed by atoms with E-state index in [1.165, 1.54) is 12.6 Å². The molecule has 0 N–H and O–H groups in total. The van der Waals surface area contributed by atoms with Crippen LogP contribution in [0.25, 0.3) is 17.2 Å². The van der Waals surface area contributed by atoms with Crippen LogP contribution in [-0.4, -0.2) is 49.6 Å². The van der Waals surface area contributed by atoms with Crippen molar-refractivity contribution in [2.24, 2.45) is 15.9 Å². The van der Waals surface area contributed by atoms with Crippen molar-refractivity contribution < 1.29 is 8.42 Å². The van der Waals surface area contributed by atoms with Crippen molar-refractivity contribution in [2.75, 3.05) is 19.3 Å². The van der Waals surface area contributed by atoms with Crippen molar-refractivity contribution >= 4 is 51.4 Å². The zero-order chi connectivity index (χ0) is 23.0. The zero-order valence-corrected chi connectivity index (χ0v) is 19.7. The summed E-state index contributed by atoms with van der Waals surface area (Å²) in [5.74, 6) is 0.189. The van der Waals surface area contributed by atoms with Gasteiger partial charge in [0.2, 0.25) is 10.0 Å². The van der Waals surface area contributed by atoms with E-state index in [2.05, 4.69) is 28.2 Å². The lowest BCUT2D eigenvalue weighted by atomic mass is 9.84. The Morgan fingerprint density at radius 1 is 1.15 bits per heavy atom. The number of fused-ring (bicyclic) bond motifs is 2. The maximum atomic E-state index is 12.0. The number of aliphatic imine (C=N–C) groups is 2. The summed E-state index contributed by atoms with van der Waals surface area (Å²) in [7, 11) is -3.19. The highest BCUT2D eigenvalue weighted by Gasteiger charge is 2.30. The number of halogens is 1. The molecule has 0 saturated carbocycles. The molecule has 2 aliphatic heterocycles. The average molecular weight is 479 g/mol. The fraction of sp³-hybridized carbons (Fsp3) is 0.240. The number of allylic oxidation sites excluding steroid dienone is 4. The van der Waals surface area contributed by atoms with Gasteiger partial charge in [0.15, 0.2) is 0 Å². The highest BCUT2D eigenvalue weighted by molar-refractivity contribution is 7.88. The number of pyridine rings is 1. The van der Waals surface area contributed by atoms with Crippen molar-refractivity contribution in [3.05, 3.63) is 81.1 Å². The Morgan fingerprint density at radius 3 is 2.70 bits per heavy atom. The number of rotatable bonds is 3. The summed E-state index contributed by atoms with van der Waals surface area (Å²) in [6, 6.07) is 9.96.